The second kappa shape index (κ2) is 10.8. The third kappa shape index (κ3) is 5.55. The van der Waals surface area contributed by atoms with Gasteiger partial charge in [-0.05, 0) is 13.0 Å². The minimum atomic E-state index is -0.0765. The lowest BCUT2D eigenvalue weighted by Crippen LogP contribution is -2.51. The highest BCUT2D eigenvalue weighted by molar-refractivity contribution is 7.17. The van der Waals surface area contributed by atoms with E-state index in [4.69, 9.17) is 4.98 Å². The van der Waals surface area contributed by atoms with Gasteiger partial charge in [0, 0.05) is 62.3 Å². The van der Waals surface area contributed by atoms with Gasteiger partial charge >= 0.3 is 0 Å². The highest BCUT2D eigenvalue weighted by atomic mass is 32.1. The molecule has 0 aliphatic carbocycles. The summed E-state index contributed by atoms with van der Waals surface area (Å²) in [6.07, 6.45) is 3.55. The number of aromatic nitrogens is 3. The molecule has 35 heavy (non-hydrogen) atoms. The van der Waals surface area contributed by atoms with Crippen molar-refractivity contribution >= 4 is 23.2 Å². The number of thiazole rings is 1. The Morgan fingerprint density at radius 2 is 1.54 bits per heavy atom. The lowest BCUT2D eigenvalue weighted by atomic mass is 10.1. The topological polar surface area (TPSA) is 74.2 Å². The van der Waals surface area contributed by atoms with E-state index < -0.39 is 0 Å². The van der Waals surface area contributed by atoms with Crippen molar-refractivity contribution in [3.63, 3.8) is 0 Å². The Labute approximate surface area is 209 Å². The Morgan fingerprint density at radius 3 is 2.20 bits per heavy atom. The van der Waals surface area contributed by atoms with Gasteiger partial charge in [0.25, 0.3) is 5.91 Å². The van der Waals surface area contributed by atoms with E-state index in [1.807, 2.05) is 66.7 Å². The smallest absolute Gasteiger partial charge is 0.263 e. The predicted molar refractivity (Wildman–Crippen MR) is 141 cm³/mol. The highest BCUT2D eigenvalue weighted by Gasteiger charge is 2.24. The zero-order valence-electron chi connectivity index (χ0n) is 19.7. The summed E-state index contributed by atoms with van der Waals surface area (Å²) in [5.41, 5.74) is 2.70. The number of benzene rings is 2. The number of anilines is 1. The summed E-state index contributed by atoms with van der Waals surface area (Å²) < 4.78 is 0. The van der Waals surface area contributed by atoms with Gasteiger partial charge in [-0.15, -0.1) is 11.3 Å². The van der Waals surface area contributed by atoms with Crippen molar-refractivity contribution < 1.29 is 4.79 Å². The van der Waals surface area contributed by atoms with Crippen LogP contribution in [0.4, 0.5) is 5.95 Å². The molecular formula is C27H28N6OS. The fourth-order valence-corrected chi connectivity index (χ4v) is 5.27. The molecular weight excluding hydrogens is 456 g/mol. The van der Waals surface area contributed by atoms with E-state index in [2.05, 4.69) is 32.0 Å². The van der Waals surface area contributed by atoms with E-state index in [0.717, 1.165) is 60.5 Å². The molecule has 1 unspecified atom stereocenters. The Morgan fingerprint density at radius 1 is 0.914 bits per heavy atom. The summed E-state index contributed by atoms with van der Waals surface area (Å²) in [5.74, 6) is 0.703. The van der Waals surface area contributed by atoms with Crippen LogP contribution < -0.4 is 10.2 Å². The summed E-state index contributed by atoms with van der Waals surface area (Å²) in [6.45, 7) is 6.42. The van der Waals surface area contributed by atoms with Crippen LogP contribution in [0.5, 0.6) is 0 Å². The van der Waals surface area contributed by atoms with Gasteiger partial charge in [-0.1, -0.05) is 60.7 Å². The van der Waals surface area contributed by atoms with Crippen LogP contribution in [-0.4, -0.2) is 64.5 Å². The number of carbonyl (C=O) groups excluding carboxylic acids is 1. The molecule has 1 saturated heterocycles. The molecule has 7 nitrogen and oxygen atoms in total. The largest absolute Gasteiger partial charge is 0.348 e. The number of hydrogen-bond acceptors (Lipinski definition) is 7. The van der Waals surface area contributed by atoms with Gasteiger partial charge in [-0.2, -0.15) is 0 Å². The van der Waals surface area contributed by atoms with Gasteiger partial charge in [-0.25, -0.2) is 15.0 Å². The number of carbonyl (C=O) groups is 1. The van der Waals surface area contributed by atoms with Gasteiger partial charge in [-0.3, -0.25) is 9.69 Å². The Balaban J connectivity index is 1.26. The fraction of sp³-hybridized carbons (Fsp3) is 0.259. The zero-order valence-corrected chi connectivity index (χ0v) is 20.5. The minimum Gasteiger partial charge on any atom is -0.348 e. The van der Waals surface area contributed by atoms with Crippen LogP contribution in [0, 0.1) is 0 Å². The van der Waals surface area contributed by atoms with Crippen molar-refractivity contribution in [1.29, 1.82) is 0 Å². The Hall–Kier alpha value is -3.62. The summed E-state index contributed by atoms with van der Waals surface area (Å²) in [4.78, 5) is 32.2. The SMILES string of the molecule is CC(CN1CCN(c2ncccn2)CC1)NC(=O)c1sc(-c2ccccc2)nc1-c1ccccc1. The van der Waals surface area contributed by atoms with Gasteiger partial charge < -0.3 is 10.2 Å². The third-order valence-electron chi connectivity index (χ3n) is 6.02. The van der Waals surface area contributed by atoms with E-state index in [1.54, 1.807) is 12.4 Å². The summed E-state index contributed by atoms with van der Waals surface area (Å²) >= 11 is 1.44. The van der Waals surface area contributed by atoms with Crippen LogP contribution in [0.25, 0.3) is 21.8 Å². The van der Waals surface area contributed by atoms with Crippen molar-refractivity contribution in [2.75, 3.05) is 37.6 Å². The van der Waals surface area contributed by atoms with Crippen LogP contribution in [0.1, 0.15) is 16.6 Å². The lowest BCUT2D eigenvalue weighted by molar-refractivity contribution is 0.0932. The van der Waals surface area contributed by atoms with Gasteiger partial charge in [0.1, 0.15) is 9.88 Å². The standard InChI is InChI=1S/C27H28N6OS/c1-20(19-32-15-17-33(18-16-32)27-28-13-8-14-29-27)30-25(34)24-23(21-9-4-2-5-10-21)31-26(35-24)22-11-6-3-7-12-22/h2-14,20H,15-19H2,1H3,(H,30,34). The van der Waals surface area contributed by atoms with Crippen LogP contribution in [0.15, 0.2) is 79.1 Å². The van der Waals surface area contributed by atoms with E-state index in [0.29, 0.717) is 4.88 Å². The molecule has 0 bridgehead atoms. The number of piperazine rings is 1. The predicted octanol–water partition coefficient (Wildman–Crippen LogP) is 4.21. The molecule has 0 spiro atoms. The van der Waals surface area contributed by atoms with Crippen molar-refractivity contribution in [2.45, 2.75) is 13.0 Å². The van der Waals surface area contributed by atoms with E-state index >= 15 is 0 Å². The molecule has 1 amide bonds. The molecule has 1 N–H and O–H groups in total. The molecule has 1 aliphatic rings. The van der Waals surface area contributed by atoms with Crippen LogP contribution in [0.2, 0.25) is 0 Å². The maximum atomic E-state index is 13.4. The second-order valence-electron chi connectivity index (χ2n) is 8.64. The van der Waals surface area contributed by atoms with Crippen LogP contribution >= 0.6 is 11.3 Å². The minimum absolute atomic E-state index is 0.00734. The normalized spacial score (nSPS) is 15.1. The average Bonchev–Trinajstić information content (AvgIpc) is 3.37. The van der Waals surface area contributed by atoms with E-state index in [-0.39, 0.29) is 11.9 Å². The number of rotatable bonds is 7. The quantitative estimate of drug-likeness (QED) is 0.424. The first-order valence-electron chi connectivity index (χ1n) is 11.8. The molecule has 5 rings (SSSR count). The zero-order chi connectivity index (χ0) is 24.0. The molecule has 4 aromatic rings. The molecule has 1 aliphatic heterocycles. The summed E-state index contributed by atoms with van der Waals surface area (Å²) in [6, 6.07) is 21.8. The van der Waals surface area contributed by atoms with Crippen molar-refractivity contribution in [1.82, 2.24) is 25.2 Å². The first kappa shape index (κ1) is 23.1. The van der Waals surface area contributed by atoms with Crippen molar-refractivity contribution in [3.05, 3.63) is 84.0 Å². The first-order valence-corrected chi connectivity index (χ1v) is 12.7. The molecule has 178 valence electrons. The molecule has 0 saturated carbocycles. The van der Waals surface area contributed by atoms with E-state index in [9.17, 15) is 4.79 Å². The Bertz CT molecular complexity index is 1240. The monoisotopic (exact) mass is 484 g/mol. The first-order chi connectivity index (χ1) is 17.2. The van der Waals surface area contributed by atoms with Crippen molar-refractivity contribution in [2.24, 2.45) is 0 Å². The number of hydrogen-bond donors (Lipinski definition) is 1. The van der Waals surface area contributed by atoms with Crippen LogP contribution in [-0.2, 0) is 0 Å². The van der Waals surface area contributed by atoms with Gasteiger partial charge in [0.05, 0.1) is 5.69 Å². The van der Waals surface area contributed by atoms with E-state index in [1.165, 1.54) is 11.3 Å². The molecule has 0 radical (unpaired) electrons. The molecule has 1 fully saturated rings. The second-order valence-corrected chi connectivity index (χ2v) is 9.64. The molecule has 1 atom stereocenters. The average molecular weight is 485 g/mol. The fourth-order valence-electron chi connectivity index (χ4n) is 4.28. The molecule has 2 aromatic carbocycles. The summed E-state index contributed by atoms with van der Waals surface area (Å²) in [5, 5.41) is 4.06. The highest BCUT2D eigenvalue weighted by Crippen LogP contribution is 2.33. The Kier molecular flexibility index (Phi) is 7.11. The lowest BCUT2D eigenvalue weighted by Gasteiger charge is -2.35. The number of nitrogens with zero attached hydrogens (tertiary/aromatic N) is 5. The van der Waals surface area contributed by atoms with Crippen molar-refractivity contribution in [3.8, 4) is 21.8 Å². The van der Waals surface area contributed by atoms with Crippen LogP contribution in [0.3, 0.4) is 0 Å². The maximum absolute atomic E-state index is 13.4. The van der Waals surface area contributed by atoms with Gasteiger partial charge in [0.15, 0.2) is 0 Å². The molecule has 3 heterocycles. The number of nitrogens with one attached hydrogen (secondary N) is 1. The maximum Gasteiger partial charge on any atom is 0.263 e. The third-order valence-corrected chi connectivity index (χ3v) is 7.12. The molecule has 8 heteroatoms. The summed E-state index contributed by atoms with van der Waals surface area (Å²) in [7, 11) is 0. The number of amides is 1. The molecule has 2 aromatic heterocycles. The van der Waals surface area contributed by atoms with Gasteiger partial charge in [0.2, 0.25) is 5.95 Å².